The van der Waals surface area contributed by atoms with E-state index in [1.807, 2.05) is 30.3 Å². The van der Waals surface area contributed by atoms with Crippen molar-refractivity contribution in [2.45, 2.75) is 25.3 Å². The zero-order valence-electron chi connectivity index (χ0n) is 10.0. The average molecular weight is 251 g/mol. The van der Waals surface area contributed by atoms with Crippen LogP contribution in [0.3, 0.4) is 0 Å². The summed E-state index contributed by atoms with van der Waals surface area (Å²) in [6.07, 6.45) is 0.673. The fourth-order valence-corrected chi connectivity index (χ4v) is 1.62. The molecule has 0 aliphatic carbocycles. The summed E-state index contributed by atoms with van der Waals surface area (Å²) in [6, 6.07) is 8.90. The van der Waals surface area contributed by atoms with Gasteiger partial charge in [-0.3, -0.25) is 9.59 Å². The van der Waals surface area contributed by atoms with Gasteiger partial charge in [-0.15, -0.1) is 0 Å². The number of hydrogen-bond acceptors (Lipinski definition) is 3. The molecule has 98 valence electrons. The van der Waals surface area contributed by atoms with Crippen molar-refractivity contribution in [3.05, 3.63) is 35.9 Å². The largest absolute Gasteiger partial charge is 0.481 e. The molecule has 0 amide bonds. The van der Waals surface area contributed by atoms with Gasteiger partial charge in [0.05, 0.1) is 0 Å². The number of aliphatic carboxylic acids is 2. The molecule has 0 aromatic heterocycles. The van der Waals surface area contributed by atoms with Crippen molar-refractivity contribution in [3.8, 4) is 0 Å². The van der Waals surface area contributed by atoms with Crippen molar-refractivity contribution in [2.75, 3.05) is 6.54 Å². The summed E-state index contributed by atoms with van der Waals surface area (Å²) in [6.45, 7) is 0.514. The maximum Gasteiger partial charge on any atom is 0.320 e. The molecule has 0 bridgehead atoms. The minimum Gasteiger partial charge on any atom is -0.481 e. The van der Waals surface area contributed by atoms with Crippen LogP contribution in [-0.2, 0) is 16.0 Å². The highest BCUT2D eigenvalue weighted by Crippen LogP contribution is 2.01. The molecule has 3 N–H and O–H groups in total. The van der Waals surface area contributed by atoms with Gasteiger partial charge in [0.1, 0.15) is 6.04 Å². The van der Waals surface area contributed by atoms with Crippen molar-refractivity contribution in [3.63, 3.8) is 0 Å². The molecular formula is C13H17NO4. The summed E-state index contributed by atoms with van der Waals surface area (Å²) in [4.78, 5) is 21.3. The Morgan fingerprint density at radius 3 is 2.39 bits per heavy atom. The van der Waals surface area contributed by atoms with Crippen LogP contribution in [0.15, 0.2) is 30.3 Å². The van der Waals surface area contributed by atoms with Crippen LogP contribution in [0.2, 0.25) is 0 Å². The molecule has 0 heterocycles. The first-order chi connectivity index (χ1) is 8.59. The van der Waals surface area contributed by atoms with Crippen LogP contribution in [0.5, 0.6) is 0 Å². The number of carboxylic acid groups (broad SMARTS) is 2. The van der Waals surface area contributed by atoms with Gasteiger partial charge in [-0.25, -0.2) is 0 Å². The second-order valence-corrected chi connectivity index (χ2v) is 4.01. The summed E-state index contributed by atoms with van der Waals surface area (Å²) in [7, 11) is 0. The molecule has 0 unspecified atom stereocenters. The number of benzene rings is 1. The summed E-state index contributed by atoms with van der Waals surface area (Å²) in [5.74, 6) is -1.99. The number of carbonyl (C=O) groups is 2. The molecule has 0 saturated heterocycles. The quantitative estimate of drug-likeness (QED) is 0.645. The molecule has 1 rings (SSSR count). The molecule has 5 nitrogen and oxygen atoms in total. The molecule has 0 aliphatic rings. The Kier molecular flexibility index (Phi) is 5.87. The zero-order valence-corrected chi connectivity index (χ0v) is 10.0. The topological polar surface area (TPSA) is 86.6 Å². The van der Waals surface area contributed by atoms with Crippen LogP contribution in [0, 0.1) is 0 Å². The van der Waals surface area contributed by atoms with Gasteiger partial charge >= 0.3 is 11.9 Å². The van der Waals surface area contributed by atoms with Gasteiger partial charge in [0.15, 0.2) is 0 Å². The molecule has 0 saturated carbocycles. The Morgan fingerprint density at radius 1 is 1.17 bits per heavy atom. The van der Waals surface area contributed by atoms with Crippen LogP contribution >= 0.6 is 0 Å². The standard InChI is InChI=1S/C13H17NO4/c15-12(16)7-6-11(13(17)18)14-9-8-10-4-2-1-3-5-10/h1-5,11,14H,6-9H2,(H,15,16)(H,17,18)/t11-/m0/s1. The highest BCUT2D eigenvalue weighted by atomic mass is 16.4. The van der Waals surface area contributed by atoms with Crippen molar-refractivity contribution in [1.82, 2.24) is 5.32 Å². The van der Waals surface area contributed by atoms with Gasteiger partial charge in [0.2, 0.25) is 0 Å². The number of nitrogens with one attached hydrogen (secondary N) is 1. The minimum absolute atomic E-state index is 0.0967. The fraction of sp³-hybridized carbons (Fsp3) is 0.385. The van der Waals surface area contributed by atoms with Crippen molar-refractivity contribution in [2.24, 2.45) is 0 Å². The van der Waals surface area contributed by atoms with E-state index in [9.17, 15) is 9.59 Å². The van der Waals surface area contributed by atoms with Crippen molar-refractivity contribution >= 4 is 11.9 Å². The lowest BCUT2D eigenvalue weighted by atomic mass is 10.1. The third kappa shape index (κ3) is 5.45. The van der Waals surface area contributed by atoms with E-state index in [0.717, 1.165) is 12.0 Å². The molecule has 1 atom stereocenters. The van der Waals surface area contributed by atoms with Crippen molar-refractivity contribution < 1.29 is 19.8 Å². The van der Waals surface area contributed by atoms with E-state index >= 15 is 0 Å². The van der Waals surface area contributed by atoms with Gasteiger partial charge in [0, 0.05) is 6.42 Å². The van der Waals surface area contributed by atoms with Crippen LogP contribution < -0.4 is 5.32 Å². The fourth-order valence-electron chi connectivity index (χ4n) is 1.62. The molecule has 1 aromatic rings. The smallest absolute Gasteiger partial charge is 0.320 e. The maximum absolute atomic E-state index is 10.9. The first-order valence-corrected chi connectivity index (χ1v) is 5.81. The Hall–Kier alpha value is -1.88. The van der Waals surface area contributed by atoms with E-state index in [2.05, 4.69) is 5.32 Å². The lowest BCUT2D eigenvalue weighted by Crippen LogP contribution is -2.38. The lowest BCUT2D eigenvalue weighted by molar-refractivity contribution is -0.140. The molecular weight excluding hydrogens is 234 g/mol. The highest BCUT2D eigenvalue weighted by Gasteiger charge is 2.17. The van der Waals surface area contributed by atoms with Crippen LogP contribution in [0.4, 0.5) is 0 Å². The maximum atomic E-state index is 10.9. The Bertz CT molecular complexity index is 391. The third-order valence-corrected chi connectivity index (χ3v) is 2.59. The monoisotopic (exact) mass is 251 g/mol. The summed E-state index contributed by atoms with van der Waals surface area (Å²) in [5.41, 5.74) is 1.12. The first kappa shape index (κ1) is 14.2. The SMILES string of the molecule is O=C(O)CC[C@H](NCCc1ccccc1)C(=O)O. The van der Waals surface area contributed by atoms with E-state index in [4.69, 9.17) is 10.2 Å². The Morgan fingerprint density at radius 2 is 1.83 bits per heavy atom. The van der Waals surface area contributed by atoms with Gasteiger partial charge in [-0.2, -0.15) is 0 Å². The van der Waals surface area contributed by atoms with Gasteiger partial charge in [-0.1, -0.05) is 30.3 Å². The molecule has 0 aliphatic heterocycles. The van der Waals surface area contributed by atoms with E-state index in [1.165, 1.54) is 0 Å². The van der Waals surface area contributed by atoms with Gasteiger partial charge in [-0.05, 0) is 24.9 Å². The lowest BCUT2D eigenvalue weighted by Gasteiger charge is -2.13. The van der Waals surface area contributed by atoms with E-state index in [-0.39, 0.29) is 12.8 Å². The summed E-state index contributed by atoms with van der Waals surface area (Å²) < 4.78 is 0. The molecule has 0 fully saturated rings. The Balaban J connectivity index is 2.34. The minimum atomic E-state index is -1.01. The first-order valence-electron chi connectivity index (χ1n) is 5.81. The second-order valence-electron chi connectivity index (χ2n) is 4.01. The number of rotatable bonds is 8. The molecule has 18 heavy (non-hydrogen) atoms. The van der Waals surface area contributed by atoms with Gasteiger partial charge in [0.25, 0.3) is 0 Å². The second kappa shape index (κ2) is 7.45. The molecule has 1 aromatic carbocycles. The Labute approximate surface area is 105 Å². The highest BCUT2D eigenvalue weighted by molar-refractivity contribution is 5.75. The van der Waals surface area contributed by atoms with Crippen LogP contribution in [-0.4, -0.2) is 34.7 Å². The predicted octanol–water partition coefficient (Wildman–Crippen LogP) is 1.14. The van der Waals surface area contributed by atoms with Crippen LogP contribution in [0.25, 0.3) is 0 Å². The molecule has 0 radical (unpaired) electrons. The van der Waals surface area contributed by atoms with Gasteiger partial charge < -0.3 is 15.5 Å². The summed E-state index contributed by atoms with van der Waals surface area (Å²) in [5, 5.41) is 20.3. The predicted molar refractivity (Wildman–Crippen MR) is 66.4 cm³/mol. The van der Waals surface area contributed by atoms with Crippen molar-refractivity contribution in [1.29, 1.82) is 0 Å². The molecule has 5 heteroatoms. The third-order valence-electron chi connectivity index (χ3n) is 2.59. The molecule has 0 spiro atoms. The van der Waals surface area contributed by atoms with E-state index in [1.54, 1.807) is 0 Å². The number of hydrogen-bond donors (Lipinski definition) is 3. The average Bonchev–Trinajstić information content (AvgIpc) is 2.34. The van der Waals surface area contributed by atoms with Crippen LogP contribution in [0.1, 0.15) is 18.4 Å². The van der Waals surface area contributed by atoms with E-state index in [0.29, 0.717) is 6.54 Å². The van der Waals surface area contributed by atoms with E-state index < -0.39 is 18.0 Å². The number of carboxylic acids is 2. The zero-order chi connectivity index (χ0) is 13.4. The summed E-state index contributed by atoms with van der Waals surface area (Å²) >= 11 is 0. The normalized spacial score (nSPS) is 12.0.